The normalized spacial score (nSPS) is 11.5. The Bertz CT molecular complexity index is 1400. The van der Waals surface area contributed by atoms with Gasteiger partial charge in [0, 0.05) is 28.7 Å². The molecule has 0 atom stereocenters. The topological polar surface area (TPSA) is 90.3 Å². The minimum absolute atomic E-state index is 0.0579. The van der Waals surface area contributed by atoms with Gasteiger partial charge in [-0.25, -0.2) is 8.42 Å². The SMILES string of the molecule is COc1ccc(Cl)cc1S(=O)(=O)c1c2cc(C(=O)Nc3ccccc3)ccc2nn1C. The smallest absolute Gasteiger partial charge is 0.255 e. The molecule has 4 aromatic rings. The van der Waals surface area contributed by atoms with E-state index in [9.17, 15) is 13.2 Å². The molecule has 0 bridgehead atoms. The number of rotatable bonds is 5. The molecule has 0 saturated heterocycles. The van der Waals surface area contributed by atoms with Crippen molar-refractivity contribution in [1.82, 2.24) is 9.78 Å². The maximum absolute atomic E-state index is 13.5. The Hall–Kier alpha value is -3.36. The zero-order chi connectivity index (χ0) is 22.2. The minimum Gasteiger partial charge on any atom is -0.495 e. The fourth-order valence-electron chi connectivity index (χ4n) is 3.33. The summed E-state index contributed by atoms with van der Waals surface area (Å²) < 4.78 is 33.6. The fraction of sp³-hybridized carbons (Fsp3) is 0.0909. The van der Waals surface area contributed by atoms with Crippen LogP contribution in [0, 0.1) is 0 Å². The summed E-state index contributed by atoms with van der Waals surface area (Å²) in [7, 11) is -1.14. The first kappa shape index (κ1) is 20.9. The molecule has 158 valence electrons. The number of aromatic nitrogens is 2. The Morgan fingerprint density at radius 3 is 2.52 bits per heavy atom. The number of carbonyl (C=O) groups is 1. The van der Waals surface area contributed by atoms with Crippen molar-refractivity contribution in [3.8, 4) is 5.75 Å². The molecule has 0 fully saturated rings. The Morgan fingerprint density at radius 2 is 1.81 bits per heavy atom. The average Bonchev–Trinajstić information content (AvgIpc) is 3.10. The van der Waals surface area contributed by atoms with E-state index in [1.165, 1.54) is 37.0 Å². The highest BCUT2D eigenvalue weighted by molar-refractivity contribution is 7.91. The van der Waals surface area contributed by atoms with Crippen molar-refractivity contribution in [2.75, 3.05) is 12.4 Å². The van der Waals surface area contributed by atoms with Crippen LogP contribution in [-0.4, -0.2) is 31.2 Å². The molecule has 0 aliphatic carbocycles. The van der Waals surface area contributed by atoms with Crippen molar-refractivity contribution >= 4 is 43.9 Å². The summed E-state index contributed by atoms with van der Waals surface area (Å²) in [4.78, 5) is 12.6. The number of amides is 1. The quantitative estimate of drug-likeness (QED) is 0.484. The number of nitrogens with one attached hydrogen (secondary N) is 1. The van der Waals surface area contributed by atoms with Crippen LogP contribution in [-0.2, 0) is 16.9 Å². The van der Waals surface area contributed by atoms with Crippen LogP contribution in [0.15, 0.2) is 76.7 Å². The predicted molar refractivity (Wildman–Crippen MR) is 119 cm³/mol. The van der Waals surface area contributed by atoms with Gasteiger partial charge in [-0.15, -0.1) is 0 Å². The van der Waals surface area contributed by atoms with Crippen LogP contribution in [0.2, 0.25) is 5.02 Å². The average molecular weight is 456 g/mol. The van der Waals surface area contributed by atoms with Crippen LogP contribution in [0.5, 0.6) is 5.75 Å². The van der Waals surface area contributed by atoms with Crippen LogP contribution in [0.4, 0.5) is 5.69 Å². The number of carbonyl (C=O) groups excluding carboxylic acids is 1. The first-order valence-electron chi connectivity index (χ1n) is 9.23. The van der Waals surface area contributed by atoms with E-state index in [1.807, 2.05) is 18.2 Å². The molecule has 1 amide bonds. The molecule has 9 heteroatoms. The van der Waals surface area contributed by atoms with Crippen LogP contribution in [0.1, 0.15) is 10.4 Å². The zero-order valence-electron chi connectivity index (χ0n) is 16.7. The highest BCUT2D eigenvalue weighted by Crippen LogP contribution is 2.35. The maximum Gasteiger partial charge on any atom is 0.255 e. The lowest BCUT2D eigenvalue weighted by atomic mass is 10.1. The largest absolute Gasteiger partial charge is 0.495 e. The second-order valence-electron chi connectivity index (χ2n) is 6.78. The van der Waals surface area contributed by atoms with Gasteiger partial charge in [0.2, 0.25) is 9.84 Å². The first-order valence-corrected chi connectivity index (χ1v) is 11.1. The van der Waals surface area contributed by atoms with Crippen molar-refractivity contribution in [3.63, 3.8) is 0 Å². The van der Waals surface area contributed by atoms with Gasteiger partial charge in [-0.1, -0.05) is 29.8 Å². The Kier molecular flexibility index (Phi) is 5.43. The number of aryl methyl sites for hydroxylation is 1. The molecule has 0 aliphatic rings. The lowest BCUT2D eigenvalue weighted by molar-refractivity contribution is 0.102. The molecule has 1 N–H and O–H groups in total. The fourth-order valence-corrected chi connectivity index (χ4v) is 5.31. The van der Waals surface area contributed by atoms with Gasteiger partial charge in [-0.2, -0.15) is 5.10 Å². The van der Waals surface area contributed by atoms with Crippen LogP contribution >= 0.6 is 11.6 Å². The number of ether oxygens (including phenoxy) is 1. The Labute approximate surface area is 184 Å². The third-order valence-corrected chi connectivity index (χ3v) is 6.87. The number of para-hydroxylation sites is 1. The molecule has 1 aromatic heterocycles. The number of fused-ring (bicyclic) bond motifs is 1. The van der Waals surface area contributed by atoms with E-state index in [-0.39, 0.29) is 26.6 Å². The highest BCUT2D eigenvalue weighted by atomic mass is 35.5. The number of hydrogen-bond donors (Lipinski definition) is 1. The summed E-state index contributed by atoms with van der Waals surface area (Å²) in [6.45, 7) is 0. The van der Waals surface area contributed by atoms with E-state index < -0.39 is 9.84 Å². The first-order chi connectivity index (χ1) is 14.8. The molecule has 0 spiro atoms. The number of halogens is 1. The molecular formula is C22H18ClN3O4S. The van der Waals surface area contributed by atoms with Crippen molar-refractivity contribution in [2.45, 2.75) is 9.92 Å². The van der Waals surface area contributed by atoms with E-state index in [4.69, 9.17) is 16.3 Å². The highest BCUT2D eigenvalue weighted by Gasteiger charge is 2.29. The molecule has 0 radical (unpaired) electrons. The number of benzene rings is 3. The van der Waals surface area contributed by atoms with Crippen molar-refractivity contribution in [1.29, 1.82) is 0 Å². The van der Waals surface area contributed by atoms with Gasteiger partial charge >= 0.3 is 0 Å². The summed E-state index contributed by atoms with van der Waals surface area (Å²) in [6.07, 6.45) is 0. The van der Waals surface area contributed by atoms with E-state index >= 15 is 0 Å². The van der Waals surface area contributed by atoms with Crippen LogP contribution in [0.3, 0.4) is 0 Å². The van der Waals surface area contributed by atoms with Crippen LogP contribution < -0.4 is 10.1 Å². The standard InChI is InChI=1S/C22H18ClN3O4S/c1-26-22(31(28,29)20-13-15(23)9-11-19(20)30-2)17-12-14(8-10-18(17)25-26)21(27)24-16-6-4-3-5-7-16/h3-13H,1-2H3,(H,24,27). The number of anilines is 1. The van der Waals surface area contributed by atoms with E-state index in [0.717, 1.165) is 0 Å². The van der Waals surface area contributed by atoms with Gasteiger partial charge < -0.3 is 10.1 Å². The number of hydrogen-bond acceptors (Lipinski definition) is 5. The second kappa shape index (κ2) is 8.05. The van der Waals surface area contributed by atoms with Crippen molar-refractivity contribution < 1.29 is 17.9 Å². The number of nitrogens with zero attached hydrogens (tertiary/aromatic N) is 2. The Morgan fingerprint density at radius 1 is 1.06 bits per heavy atom. The van der Waals surface area contributed by atoms with E-state index in [2.05, 4.69) is 10.4 Å². The molecule has 1 heterocycles. The molecular weight excluding hydrogens is 438 g/mol. The minimum atomic E-state index is -4.06. The molecule has 4 rings (SSSR count). The van der Waals surface area contributed by atoms with Gasteiger partial charge in [-0.05, 0) is 48.5 Å². The van der Waals surface area contributed by atoms with Gasteiger partial charge in [0.1, 0.15) is 10.6 Å². The summed E-state index contributed by atoms with van der Waals surface area (Å²) in [5, 5.41) is 7.62. The Balaban J connectivity index is 1.84. The monoisotopic (exact) mass is 455 g/mol. The molecule has 0 unspecified atom stereocenters. The van der Waals surface area contributed by atoms with Gasteiger partial charge in [-0.3, -0.25) is 9.48 Å². The van der Waals surface area contributed by atoms with Gasteiger partial charge in [0.25, 0.3) is 5.91 Å². The lowest BCUT2D eigenvalue weighted by Crippen LogP contribution is -2.12. The van der Waals surface area contributed by atoms with Gasteiger partial charge in [0.15, 0.2) is 5.03 Å². The number of methoxy groups -OCH3 is 1. The van der Waals surface area contributed by atoms with Crippen molar-refractivity contribution in [2.24, 2.45) is 7.05 Å². The molecule has 31 heavy (non-hydrogen) atoms. The summed E-state index contributed by atoms with van der Waals surface area (Å²) in [5.74, 6) is -0.197. The summed E-state index contributed by atoms with van der Waals surface area (Å²) >= 11 is 6.05. The summed E-state index contributed by atoms with van der Waals surface area (Å²) in [5.41, 5.74) is 1.38. The van der Waals surface area contributed by atoms with Crippen molar-refractivity contribution in [3.05, 3.63) is 77.3 Å². The molecule has 0 aliphatic heterocycles. The van der Waals surface area contributed by atoms with Gasteiger partial charge in [0.05, 0.1) is 12.6 Å². The molecule has 3 aromatic carbocycles. The summed E-state index contributed by atoms with van der Waals surface area (Å²) in [6, 6.07) is 18.1. The van der Waals surface area contributed by atoms with E-state index in [1.54, 1.807) is 30.3 Å². The third kappa shape index (κ3) is 3.87. The predicted octanol–water partition coefficient (Wildman–Crippen LogP) is 4.32. The van der Waals surface area contributed by atoms with Crippen LogP contribution in [0.25, 0.3) is 10.9 Å². The number of sulfone groups is 1. The zero-order valence-corrected chi connectivity index (χ0v) is 18.2. The van der Waals surface area contributed by atoms with E-state index in [0.29, 0.717) is 22.2 Å². The second-order valence-corrected chi connectivity index (χ2v) is 9.05. The third-order valence-electron chi connectivity index (χ3n) is 4.74. The maximum atomic E-state index is 13.5. The molecule has 7 nitrogen and oxygen atoms in total. The molecule has 0 saturated carbocycles. The lowest BCUT2D eigenvalue weighted by Gasteiger charge is -2.11.